The molecule has 0 spiro atoms. The fraction of sp³-hybridized carbons (Fsp3) is 0.231. The Morgan fingerprint density at radius 1 is 1.35 bits per heavy atom. The van der Waals surface area contributed by atoms with Crippen LogP contribution in [-0.4, -0.2) is 16.5 Å². The Balaban J connectivity index is 2.33. The SMILES string of the molecule is CC(C)=CCNc1ncnc2ccc(N)cc12. The van der Waals surface area contributed by atoms with Crippen molar-refractivity contribution in [3.8, 4) is 0 Å². The number of anilines is 2. The maximum atomic E-state index is 5.77. The van der Waals surface area contributed by atoms with Gasteiger partial charge in [0, 0.05) is 17.6 Å². The number of hydrogen-bond acceptors (Lipinski definition) is 4. The van der Waals surface area contributed by atoms with E-state index in [1.54, 1.807) is 6.33 Å². The molecule has 0 fully saturated rings. The summed E-state index contributed by atoms with van der Waals surface area (Å²) in [7, 11) is 0. The molecule has 0 aliphatic rings. The summed E-state index contributed by atoms with van der Waals surface area (Å²) in [5, 5.41) is 4.22. The molecule has 4 heteroatoms. The van der Waals surface area contributed by atoms with E-state index in [0.717, 1.165) is 29.0 Å². The van der Waals surface area contributed by atoms with Crippen molar-refractivity contribution in [2.45, 2.75) is 13.8 Å². The van der Waals surface area contributed by atoms with Gasteiger partial charge in [-0.25, -0.2) is 9.97 Å². The Bertz CT molecular complexity index is 556. The molecular formula is C13H16N4. The third-order valence-electron chi connectivity index (χ3n) is 2.44. The summed E-state index contributed by atoms with van der Waals surface area (Å²) in [5.41, 5.74) is 8.66. The van der Waals surface area contributed by atoms with Crippen LogP contribution in [-0.2, 0) is 0 Å². The van der Waals surface area contributed by atoms with Gasteiger partial charge >= 0.3 is 0 Å². The van der Waals surface area contributed by atoms with Crippen LogP contribution < -0.4 is 11.1 Å². The van der Waals surface area contributed by atoms with Crippen molar-refractivity contribution in [1.82, 2.24) is 9.97 Å². The second-order valence-electron chi connectivity index (χ2n) is 4.16. The summed E-state index contributed by atoms with van der Waals surface area (Å²) in [6, 6.07) is 5.63. The molecule has 1 aromatic carbocycles. The van der Waals surface area contributed by atoms with Crippen LogP contribution in [0.25, 0.3) is 10.9 Å². The molecule has 1 heterocycles. The molecule has 0 saturated heterocycles. The largest absolute Gasteiger partial charge is 0.399 e. The lowest BCUT2D eigenvalue weighted by molar-refractivity contribution is 1.17. The molecule has 2 aromatic rings. The average molecular weight is 228 g/mol. The molecule has 0 aliphatic heterocycles. The Morgan fingerprint density at radius 3 is 2.94 bits per heavy atom. The zero-order valence-electron chi connectivity index (χ0n) is 10.1. The highest BCUT2D eigenvalue weighted by atomic mass is 15.0. The van der Waals surface area contributed by atoms with Gasteiger partial charge in [0.2, 0.25) is 0 Å². The third kappa shape index (κ3) is 2.72. The molecule has 88 valence electrons. The van der Waals surface area contributed by atoms with Crippen LogP contribution in [0.2, 0.25) is 0 Å². The van der Waals surface area contributed by atoms with Crippen LogP contribution in [0.4, 0.5) is 11.5 Å². The molecule has 3 N–H and O–H groups in total. The predicted octanol–water partition coefficient (Wildman–Crippen LogP) is 2.59. The lowest BCUT2D eigenvalue weighted by atomic mass is 10.2. The molecule has 0 amide bonds. The molecule has 1 aromatic heterocycles. The van der Waals surface area contributed by atoms with Crippen molar-refractivity contribution in [1.29, 1.82) is 0 Å². The van der Waals surface area contributed by atoms with E-state index in [0.29, 0.717) is 0 Å². The molecule has 2 rings (SSSR count). The molecule has 0 aliphatic carbocycles. The van der Waals surface area contributed by atoms with Crippen molar-refractivity contribution in [2.75, 3.05) is 17.6 Å². The van der Waals surface area contributed by atoms with E-state index in [4.69, 9.17) is 5.73 Å². The molecule has 0 bridgehead atoms. The second kappa shape index (κ2) is 4.82. The van der Waals surface area contributed by atoms with Gasteiger partial charge in [-0.3, -0.25) is 0 Å². The summed E-state index contributed by atoms with van der Waals surface area (Å²) < 4.78 is 0. The summed E-state index contributed by atoms with van der Waals surface area (Å²) in [6.45, 7) is 4.89. The monoisotopic (exact) mass is 228 g/mol. The lowest BCUT2D eigenvalue weighted by Crippen LogP contribution is -2.02. The van der Waals surface area contributed by atoms with Crippen LogP contribution in [0.5, 0.6) is 0 Å². The number of hydrogen-bond donors (Lipinski definition) is 2. The van der Waals surface area contributed by atoms with Crippen molar-refractivity contribution < 1.29 is 0 Å². The van der Waals surface area contributed by atoms with E-state index in [9.17, 15) is 0 Å². The van der Waals surface area contributed by atoms with E-state index in [2.05, 4.69) is 35.2 Å². The van der Waals surface area contributed by atoms with E-state index >= 15 is 0 Å². The van der Waals surface area contributed by atoms with Gasteiger partial charge in [0.15, 0.2) is 0 Å². The highest BCUT2D eigenvalue weighted by molar-refractivity contribution is 5.91. The lowest BCUT2D eigenvalue weighted by Gasteiger charge is -2.06. The number of nitrogen functional groups attached to an aromatic ring is 1. The molecule has 4 nitrogen and oxygen atoms in total. The minimum absolute atomic E-state index is 0.720. The fourth-order valence-corrected chi connectivity index (χ4v) is 1.57. The maximum absolute atomic E-state index is 5.77. The molecule has 0 atom stereocenters. The highest BCUT2D eigenvalue weighted by Crippen LogP contribution is 2.21. The quantitative estimate of drug-likeness (QED) is 0.626. The Labute approximate surface area is 101 Å². The number of rotatable bonds is 3. The number of nitrogens with zero attached hydrogens (tertiary/aromatic N) is 2. The fourth-order valence-electron chi connectivity index (χ4n) is 1.57. The van der Waals surface area contributed by atoms with Crippen molar-refractivity contribution >= 4 is 22.4 Å². The topological polar surface area (TPSA) is 63.8 Å². The normalized spacial score (nSPS) is 10.2. The van der Waals surface area contributed by atoms with Crippen molar-refractivity contribution in [3.63, 3.8) is 0 Å². The van der Waals surface area contributed by atoms with Crippen molar-refractivity contribution in [3.05, 3.63) is 36.2 Å². The first-order valence-corrected chi connectivity index (χ1v) is 5.54. The summed E-state index contributed by atoms with van der Waals surface area (Å²) in [5.74, 6) is 0.819. The van der Waals surface area contributed by atoms with Gasteiger partial charge in [-0.2, -0.15) is 0 Å². The van der Waals surface area contributed by atoms with Gasteiger partial charge in [-0.05, 0) is 32.0 Å². The van der Waals surface area contributed by atoms with E-state index in [1.165, 1.54) is 5.57 Å². The zero-order chi connectivity index (χ0) is 12.3. The van der Waals surface area contributed by atoms with E-state index < -0.39 is 0 Å². The van der Waals surface area contributed by atoms with Crippen molar-refractivity contribution in [2.24, 2.45) is 0 Å². The van der Waals surface area contributed by atoms with Gasteiger partial charge < -0.3 is 11.1 Å². The number of fused-ring (bicyclic) bond motifs is 1. The molecular weight excluding hydrogens is 212 g/mol. The molecule has 0 saturated carbocycles. The summed E-state index contributed by atoms with van der Waals surface area (Å²) in [6.07, 6.45) is 3.67. The van der Waals surface area contributed by atoms with Gasteiger partial charge in [0.05, 0.1) is 5.52 Å². The van der Waals surface area contributed by atoms with Crippen LogP contribution >= 0.6 is 0 Å². The highest BCUT2D eigenvalue weighted by Gasteiger charge is 2.02. The number of nitrogens with two attached hydrogens (primary N) is 1. The molecule has 17 heavy (non-hydrogen) atoms. The van der Waals surface area contributed by atoms with Gasteiger partial charge in [0.25, 0.3) is 0 Å². The minimum Gasteiger partial charge on any atom is -0.399 e. The van der Waals surface area contributed by atoms with E-state index in [1.807, 2.05) is 18.2 Å². The first-order chi connectivity index (χ1) is 8.16. The van der Waals surface area contributed by atoms with Crippen LogP contribution in [0.1, 0.15) is 13.8 Å². The average Bonchev–Trinajstić information content (AvgIpc) is 2.29. The first kappa shape index (κ1) is 11.4. The standard InChI is InChI=1S/C13H16N4/c1-9(2)5-6-15-13-11-7-10(14)3-4-12(11)16-8-17-13/h3-5,7-8H,6,14H2,1-2H3,(H,15,16,17). The summed E-state index contributed by atoms with van der Waals surface area (Å²) in [4.78, 5) is 8.44. The van der Waals surface area contributed by atoms with Crippen LogP contribution in [0.15, 0.2) is 36.2 Å². The number of aromatic nitrogens is 2. The predicted molar refractivity (Wildman–Crippen MR) is 71.9 cm³/mol. The Kier molecular flexibility index (Phi) is 3.23. The number of benzene rings is 1. The first-order valence-electron chi connectivity index (χ1n) is 5.54. The third-order valence-corrected chi connectivity index (χ3v) is 2.44. The smallest absolute Gasteiger partial charge is 0.137 e. The van der Waals surface area contributed by atoms with Gasteiger partial charge in [0.1, 0.15) is 12.1 Å². The van der Waals surface area contributed by atoms with Gasteiger partial charge in [-0.1, -0.05) is 11.6 Å². The molecule has 0 radical (unpaired) electrons. The van der Waals surface area contributed by atoms with Crippen LogP contribution in [0.3, 0.4) is 0 Å². The Morgan fingerprint density at radius 2 is 2.18 bits per heavy atom. The second-order valence-corrected chi connectivity index (χ2v) is 4.16. The maximum Gasteiger partial charge on any atom is 0.137 e. The van der Waals surface area contributed by atoms with E-state index in [-0.39, 0.29) is 0 Å². The van der Waals surface area contributed by atoms with Gasteiger partial charge in [-0.15, -0.1) is 0 Å². The number of nitrogens with one attached hydrogen (secondary N) is 1. The Hall–Kier alpha value is -2.10. The minimum atomic E-state index is 0.720. The molecule has 0 unspecified atom stereocenters. The number of allylic oxidation sites excluding steroid dienone is 1. The summed E-state index contributed by atoms with van der Waals surface area (Å²) >= 11 is 0. The van der Waals surface area contributed by atoms with Crippen LogP contribution in [0, 0.1) is 0 Å². The zero-order valence-corrected chi connectivity index (χ0v) is 10.1.